The normalized spacial score (nSPS) is 21.6. The van der Waals surface area contributed by atoms with E-state index in [9.17, 15) is 8.42 Å². The van der Waals surface area contributed by atoms with Crippen LogP contribution in [0.15, 0.2) is 45.8 Å². The van der Waals surface area contributed by atoms with Gasteiger partial charge in [-0.2, -0.15) is 8.42 Å². The fraction of sp³-hybridized carbons (Fsp3) is 0.421. The number of aromatic nitrogens is 2. The number of hydrogen-bond acceptors (Lipinski definition) is 6. The van der Waals surface area contributed by atoms with Gasteiger partial charge < -0.3 is 9.80 Å². The van der Waals surface area contributed by atoms with Crippen molar-refractivity contribution in [3.05, 3.63) is 47.9 Å². The summed E-state index contributed by atoms with van der Waals surface area (Å²) >= 11 is 0. The Kier molecular flexibility index (Phi) is 3.89. The molecule has 1 saturated carbocycles. The maximum atomic E-state index is 12.3. The monoisotopic (exact) mass is 383 g/mol. The van der Waals surface area contributed by atoms with E-state index in [2.05, 4.69) is 19.2 Å². The van der Waals surface area contributed by atoms with Crippen molar-refractivity contribution in [1.29, 1.82) is 0 Å². The van der Waals surface area contributed by atoms with E-state index >= 15 is 0 Å². The van der Waals surface area contributed by atoms with E-state index in [4.69, 9.17) is 4.98 Å². The number of hydrogen-bond donors (Lipinski definition) is 0. The predicted octanol–water partition coefficient (Wildman–Crippen LogP) is 2.02. The molecule has 2 fully saturated rings. The molecular formula is C19H21N5O2S. The first-order chi connectivity index (χ1) is 13.1. The molecule has 0 bridgehead atoms. The molecule has 27 heavy (non-hydrogen) atoms. The lowest BCUT2D eigenvalue weighted by atomic mass is 10.2. The van der Waals surface area contributed by atoms with Gasteiger partial charge in [-0.3, -0.25) is 0 Å². The molecule has 0 unspecified atom stereocenters. The zero-order valence-corrected chi connectivity index (χ0v) is 15.8. The van der Waals surface area contributed by atoms with Gasteiger partial charge in [0.05, 0.1) is 0 Å². The molecule has 8 heteroatoms. The van der Waals surface area contributed by atoms with Crippen LogP contribution in [0.1, 0.15) is 36.6 Å². The number of anilines is 1. The Labute approximate surface area is 158 Å². The van der Waals surface area contributed by atoms with E-state index in [1.54, 1.807) is 12.1 Å². The van der Waals surface area contributed by atoms with Crippen LogP contribution in [0.25, 0.3) is 0 Å². The predicted molar refractivity (Wildman–Crippen MR) is 103 cm³/mol. The van der Waals surface area contributed by atoms with E-state index in [0.717, 1.165) is 37.7 Å². The van der Waals surface area contributed by atoms with Crippen molar-refractivity contribution in [2.45, 2.75) is 30.1 Å². The minimum absolute atomic E-state index is 0.311. The van der Waals surface area contributed by atoms with E-state index in [1.165, 1.54) is 12.8 Å². The van der Waals surface area contributed by atoms with Crippen LogP contribution in [0.2, 0.25) is 0 Å². The Morgan fingerprint density at radius 1 is 0.963 bits per heavy atom. The molecule has 2 aliphatic heterocycles. The largest absolute Gasteiger partial charge is 0.355 e. The second kappa shape index (κ2) is 6.30. The molecule has 3 heterocycles. The molecule has 1 aromatic heterocycles. The zero-order chi connectivity index (χ0) is 18.4. The number of rotatable bonds is 2. The Bertz CT molecular complexity index is 1020. The van der Waals surface area contributed by atoms with Gasteiger partial charge >= 0.3 is 0 Å². The molecule has 0 radical (unpaired) electrons. The van der Waals surface area contributed by atoms with Crippen molar-refractivity contribution in [3.8, 4) is 0 Å². The van der Waals surface area contributed by atoms with Gasteiger partial charge in [0.1, 0.15) is 16.5 Å². The lowest BCUT2D eigenvalue weighted by Crippen LogP contribution is -2.35. The third-order valence-corrected chi connectivity index (χ3v) is 6.66. The minimum atomic E-state index is -3.58. The van der Waals surface area contributed by atoms with Crippen LogP contribution in [0.4, 0.5) is 5.82 Å². The summed E-state index contributed by atoms with van der Waals surface area (Å²) in [5.41, 5.74) is 0.712. The second-order valence-electron chi connectivity index (χ2n) is 7.26. The highest BCUT2D eigenvalue weighted by molar-refractivity contribution is 7.90. The molecule has 7 nitrogen and oxygen atoms in total. The van der Waals surface area contributed by atoms with Gasteiger partial charge in [0.25, 0.3) is 10.0 Å². The Morgan fingerprint density at radius 3 is 2.59 bits per heavy atom. The zero-order valence-electron chi connectivity index (χ0n) is 15.0. The van der Waals surface area contributed by atoms with Crippen LogP contribution in [0, 0.1) is 0 Å². The first-order valence-corrected chi connectivity index (χ1v) is 10.8. The topological polar surface area (TPSA) is 78.8 Å². The molecular weight excluding hydrogens is 362 g/mol. The van der Waals surface area contributed by atoms with Crippen LogP contribution >= 0.6 is 0 Å². The van der Waals surface area contributed by atoms with Crippen molar-refractivity contribution < 1.29 is 8.42 Å². The molecule has 1 aliphatic carbocycles. The van der Waals surface area contributed by atoms with Crippen LogP contribution in [0.3, 0.4) is 0 Å². The smallest absolute Gasteiger partial charge is 0.285 e. The third-order valence-electron chi connectivity index (χ3n) is 5.33. The molecule has 2 aromatic rings. The van der Waals surface area contributed by atoms with Gasteiger partial charge in [0, 0.05) is 43.9 Å². The fourth-order valence-corrected chi connectivity index (χ4v) is 4.98. The van der Waals surface area contributed by atoms with Crippen LogP contribution in [0.5, 0.6) is 0 Å². The van der Waals surface area contributed by atoms with E-state index < -0.39 is 10.0 Å². The summed E-state index contributed by atoms with van der Waals surface area (Å²) in [5, 5.41) is 0. The van der Waals surface area contributed by atoms with Crippen molar-refractivity contribution >= 4 is 21.7 Å². The highest BCUT2D eigenvalue weighted by Gasteiger charge is 2.32. The van der Waals surface area contributed by atoms with Crippen LogP contribution in [-0.4, -0.2) is 55.3 Å². The van der Waals surface area contributed by atoms with Crippen molar-refractivity contribution in [2.75, 3.05) is 31.1 Å². The number of fused-ring (bicyclic) bond motifs is 1. The average molecular weight is 383 g/mol. The third kappa shape index (κ3) is 3.07. The maximum Gasteiger partial charge on any atom is 0.285 e. The number of amidine groups is 1. The molecule has 0 spiro atoms. The summed E-state index contributed by atoms with van der Waals surface area (Å²) in [5.74, 6) is 3.03. The summed E-state index contributed by atoms with van der Waals surface area (Å²) in [6.45, 7) is 3.16. The van der Waals surface area contributed by atoms with Gasteiger partial charge in [0.15, 0.2) is 5.84 Å². The van der Waals surface area contributed by atoms with Gasteiger partial charge in [-0.05, 0) is 37.5 Å². The number of sulfonamides is 1. The summed E-state index contributed by atoms with van der Waals surface area (Å²) in [7, 11) is -3.58. The molecule has 3 aliphatic rings. The Morgan fingerprint density at radius 2 is 1.74 bits per heavy atom. The first kappa shape index (κ1) is 16.7. The van der Waals surface area contributed by atoms with E-state index in [1.807, 2.05) is 24.4 Å². The summed E-state index contributed by atoms with van der Waals surface area (Å²) in [4.78, 5) is 13.8. The van der Waals surface area contributed by atoms with E-state index in [-0.39, 0.29) is 0 Å². The van der Waals surface area contributed by atoms with E-state index in [0.29, 0.717) is 28.8 Å². The quantitative estimate of drug-likeness (QED) is 0.789. The fourth-order valence-electron chi connectivity index (χ4n) is 3.75. The average Bonchev–Trinajstić information content (AvgIpc) is 3.51. The molecule has 1 aromatic carbocycles. The molecule has 0 amide bonds. The van der Waals surface area contributed by atoms with Crippen LogP contribution < -0.4 is 4.90 Å². The molecule has 5 rings (SSSR count). The van der Waals surface area contributed by atoms with Crippen LogP contribution in [-0.2, 0) is 10.0 Å². The van der Waals surface area contributed by atoms with Gasteiger partial charge in [-0.1, -0.05) is 12.1 Å². The molecule has 0 N–H and O–H groups in total. The van der Waals surface area contributed by atoms with Crippen molar-refractivity contribution in [1.82, 2.24) is 14.9 Å². The second-order valence-corrected chi connectivity index (χ2v) is 8.83. The van der Waals surface area contributed by atoms with Gasteiger partial charge in [-0.25, -0.2) is 9.97 Å². The van der Waals surface area contributed by atoms with Crippen molar-refractivity contribution in [3.63, 3.8) is 0 Å². The highest BCUT2D eigenvalue weighted by atomic mass is 32.2. The molecule has 0 atom stereocenters. The Balaban J connectivity index is 1.37. The minimum Gasteiger partial charge on any atom is -0.355 e. The molecule has 140 valence electrons. The lowest BCUT2D eigenvalue weighted by molar-refractivity contribution is 0.449. The van der Waals surface area contributed by atoms with Gasteiger partial charge in [0.2, 0.25) is 0 Å². The maximum absolute atomic E-state index is 12.3. The van der Waals surface area contributed by atoms with Crippen molar-refractivity contribution in [2.24, 2.45) is 4.40 Å². The molecule has 1 saturated heterocycles. The highest BCUT2D eigenvalue weighted by Crippen LogP contribution is 2.38. The lowest BCUT2D eigenvalue weighted by Gasteiger charge is -2.24. The Hall–Kier alpha value is -2.48. The summed E-state index contributed by atoms with van der Waals surface area (Å²) in [6, 6.07) is 9.04. The standard InChI is InChI=1S/C19H21N5O2S/c25-27(26)16-5-2-1-4-15(16)19(22-27)24-11-3-10-23(12-13-24)17-8-9-20-18(21-17)14-6-7-14/h1-2,4-5,8-9,14H,3,6-7,10-13H2. The number of benzene rings is 1. The summed E-state index contributed by atoms with van der Waals surface area (Å²) in [6.07, 6.45) is 5.14. The first-order valence-electron chi connectivity index (χ1n) is 9.39. The SMILES string of the molecule is O=S1(=O)N=C(N2CCCN(c3ccnc(C4CC4)n3)CC2)c2ccccc21. The summed E-state index contributed by atoms with van der Waals surface area (Å²) < 4.78 is 28.8. The number of nitrogens with zero attached hydrogens (tertiary/aromatic N) is 5. The van der Waals surface area contributed by atoms with Gasteiger partial charge in [-0.15, -0.1) is 4.40 Å².